The summed E-state index contributed by atoms with van der Waals surface area (Å²) in [6, 6.07) is 13.7. The summed E-state index contributed by atoms with van der Waals surface area (Å²) in [5.74, 6) is 0.888. The van der Waals surface area contributed by atoms with Gasteiger partial charge in [0.05, 0.1) is 23.0 Å². The third kappa shape index (κ3) is 5.66. The zero-order valence-corrected chi connectivity index (χ0v) is 27.2. The normalized spacial score (nSPS) is 22.5. The largest absolute Gasteiger partial charge is 0.461 e. The van der Waals surface area contributed by atoms with E-state index in [1.165, 1.54) is 54.0 Å². The topological polar surface area (TPSA) is 78.9 Å². The van der Waals surface area contributed by atoms with Crippen molar-refractivity contribution in [1.82, 2.24) is 14.9 Å². The molecule has 0 radical (unpaired) electrons. The molecule has 8 nitrogen and oxygen atoms in total. The van der Waals surface area contributed by atoms with Gasteiger partial charge in [0.25, 0.3) is 0 Å². The standard InChI is InChI=1S/C35H47N5O3S/c1-3-26-11-7-12-27-13-8-15-31(32(26)27)38-22-16-29-30(24-38)36-34(43-25-35-17-9-20-40(35)21-10-18-35)37-33(29)39-19-6-4-5-14-28(23-39)44(2,41)42/h7-8,11-13,15,28H,3-6,9-10,14,16-25H2,1-2H3. The van der Waals surface area contributed by atoms with Gasteiger partial charge < -0.3 is 14.5 Å². The number of aromatic nitrogens is 2. The number of nitrogens with zero attached hydrogens (tertiary/aromatic N) is 5. The van der Waals surface area contributed by atoms with Gasteiger partial charge in [0.1, 0.15) is 12.4 Å². The predicted molar refractivity (Wildman–Crippen MR) is 178 cm³/mol. The lowest BCUT2D eigenvalue weighted by molar-refractivity contribution is 0.107. The van der Waals surface area contributed by atoms with Gasteiger partial charge in [-0.15, -0.1) is 0 Å². The fraction of sp³-hybridized carbons (Fsp3) is 0.600. The SMILES string of the molecule is CCc1cccc2cccc(N3CCc4c(nc(OCC56CCCN5CCC6)nc4N4CCCCCC(S(C)(=O)=O)C4)C3)c12. The van der Waals surface area contributed by atoms with Crippen LogP contribution in [0.1, 0.15) is 75.1 Å². The summed E-state index contributed by atoms with van der Waals surface area (Å²) in [7, 11) is -3.17. The van der Waals surface area contributed by atoms with Crippen LogP contribution < -0.4 is 14.5 Å². The van der Waals surface area contributed by atoms with Gasteiger partial charge in [-0.1, -0.05) is 50.1 Å². The maximum Gasteiger partial charge on any atom is 0.318 e. The zero-order valence-electron chi connectivity index (χ0n) is 26.4. The Morgan fingerprint density at radius 2 is 1.73 bits per heavy atom. The second kappa shape index (κ2) is 12.1. The molecule has 1 aromatic heterocycles. The fourth-order valence-corrected chi connectivity index (χ4v) is 9.40. The smallest absolute Gasteiger partial charge is 0.318 e. The second-order valence-electron chi connectivity index (χ2n) is 13.5. The minimum Gasteiger partial charge on any atom is -0.461 e. The Hall–Kier alpha value is -2.91. The van der Waals surface area contributed by atoms with Crippen molar-refractivity contribution in [3.05, 3.63) is 53.2 Å². The van der Waals surface area contributed by atoms with Gasteiger partial charge in [0.2, 0.25) is 0 Å². The Bertz CT molecular complexity index is 1610. The molecule has 9 heteroatoms. The Kier molecular flexibility index (Phi) is 8.20. The highest BCUT2D eigenvalue weighted by Gasteiger charge is 2.45. The molecule has 1 unspecified atom stereocenters. The number of aryl methyl sites for hydroxylation is 1. The molecule has 0 amide bonds. The molecule has 4 aliphatic rings. The number of benzene rings is 2. The molecule has 1 atom stereocenters. The Morgan fingerprint density at radius 3 is 2.50 bits per heavy atom. The second-order valence-corrected chi connectivity index (χ2v) is 15.9. The molecule has 3 aromatic rings. The van der Waals surface area contributed by atoms with Crippen molar-refractivity contribution in [3.63, 3.8) is 0 Å². The number of sulfone groups is 1. The first-order valence-corrected chi connectivity index (χ1v) is 18.8. The van der Waals surface area contributed by atoms with E-state index in [-0.39, 0.29) is 10.8 Å². The molecule has 0 bridgehead atoms. The maximum absolute atomic E-state index is 12.8. The molecular formula is C35H47N5O3S. The van der Waals surface area contributed by atoms with Crippen LogP contribution >= 0.6 is 0 Å². The predicted octanol–water partition coefficient (Wildman–Crippen LogP) is 5.56. The average Bonchev–Trinajstić information content (AvgIpc) is 3.59. The summed E-state index contributed by atoms with van der Waals surface area (Å²) in [5.41, 5.74) is 4.88. The third-order valence-electron chi connectivity index (χ3n) is 10.8. The van der Waals surface area contributed by atoms with Crippen molar-refractivity contribution in [1.29, 1.82) is 0 Å². The van der Waals surface area contributed by atoms with Gasteiger partial charge in [-0.05, 0) is 81.5 Å². The highest BCUT2D eigenvalue weighted by molar-refractivity contribution is 7.91. The van der Waals surface area contributed by atoms with Crippen LogP contribution in [0.25, 0.3) is 10.8 Å². The molecule has 0 aliphatic carbocycles. The first-order valence-electron chi connectivity index (χ1n) is 16.8. The molecule has 44 heavy (non-hydrogen) atoms. The summed E-state index contributed by atoms with van der Waals surface area (Å²) in [6.45, 7) is 7.97. The van der Waals surface area contributed by atoms with Crippen molar-refractivity contribution >= 4 is 32.1 Å². The van der Waals surface area contributed by atoms with E-state index in [4.69, 9.17) is 14.7 Å². The quantitative estimate of drug-likeness (QED) is 0.341. The van der Waals surface area contributed by atoms with E-state index >= 15 is 0 Å². The lowest BCUT2D eigenvalue weighted by Gasteiger charge is -2.36. The average molecular weight is 618 g/mol. The fourth-order valence-electron chi connectivity index (χ4n) is 8.36. The lowest BCUT2D eigenvalue weighted by Crippen LogP contribution is -2.44. The van der Waals surface area contributed by atoms with Gasteiger partial charge in [0, 0.05) is 42.5 Å². The van der Waals surface area contributed by atoms with Crippen LogP contribution in [0.5, 0.6) is 6.01 Å². The van der Waals surface area contributed by atoms with Crippen LogP contribution in [0.2, 0.25) is 0 Å². The summed E-state index contributed by atoms with van der Waals surface area (Å²) in [4.78, 5) is 17.5. The van der Waals surface area contributed by atoms with Gasteiger partial charge in [0.15, 0.2) is 9.84 Å². The number of hydrogen-bond acceptors (Lipinski definition) is 8. The van der Waals surface area contributed by atoms with E-state index < -0.39 is 9.84 Å². The molecule has 0 saturated carbocycles. The Balaban J connectivity index is 1.26. The maximum atomic E-state index is 12.8. The molecule has 4 aliphatic heterocycles. The molecule has 3 fully saturated rings. The zero-order chi connectivity index (χ0) is 30.3. The van der Waals surface area contributed by atoms with Crippen LogP contribution in [-0.4, -0.2) is 79.7 Å². The van der Waals surface area contributed by atoms with Crippen molar-refractivity contribution < 1.29 is 13.2 Å². The molecule has 2 aromatic carbocycles. The molecule has 7 rings (SSSR count). The Morgan fingerprint density at radius 1 is 0.932 bits per heavy atom. The monoisotopic (exact) mass is 617 g/mol. The highest BCUT2D eigenvalue weighted by atomic mass is 32.2. The molecule has 0 N–H and O–H groups in total. The van der Waals surface area contributed by atoms with Crippen LogP contribution in [0, 0.1) is 0 Å². The molecule has 236 valence electrons. The molecular weight excluding hydrogens is 570 g/mol. The number of anilines is 2. The highest BCUT2D eigenvalue weighted by Crippen LogP contribution is 2.40. The van der Waals surface area contributed by atoms with Crippen molar-refractivity contribution in [3.8, 4) is 6.01 Å². The van der Waals surface area contributed by atoms with Crippen LogP contribution in [0.4, 0.5) is 11.5 Å². The van der Waals surface area contributed by atoms with Crippen molar-refractivity contribution in [2.45, 2.75) is 88.5 Å². The molecule has 3 saturated heterocycles. The molecule has 5 heterocycles. The van der Waals surface area contributed by atoms with Crippen LogP contribution in [-0.2, 0) is 29.2 Å². The van der Waals surface area contributed by atoms with Gasteiger partial charge >= 0.3 is 6.01 Å². The number of fused-ring (bicyclic) bond motifs is 3. The van der Waals surface area contributed by atoms with Gasteiger partial charge in [-0.25, -0.2) is 8.42 Å². The van der Waals surface area contributed by atoms with E-state index in [0.717, 1.165) is 75.4 Å². The first-order chi connectivity index (χ1) is 21.3. The third-order valence-corrected chi connectivity index (χ3v) is 12.4. The first kappa shape index (κ1) is 29.8. The van der Waals surface area contributed by atoms with E-state index in [9.17, 15) is 8.42 Å². The number of hydrogen-bond donors (Lipinski definition) is 0. The van der Waals surface area contributed by atoms with E-state index in [0.29, 0.717) is 32.1 Å². The van der Waals surface area contributed by atoms with Crippen molar-refractivity contribution in [2.24, 2.45) is 0 Å². The number of ether oxygens (including phenoxy) is 1. The van der Waals surface area contributed by atoms with Crippen LogP contribution in [0.15, 0.2) is 36.4 Å². The molecule has 0 spiro atoms. The van der Waals surface area contributed by atoms with E-state index in [2.05, 4.69) is 58.0 Å². The van der Waals surface area contributed by atoms with Gasteiger partial charge in [-0.3, -0.25) is 4.90 Å². The Labute approximate surface area is 262 Å². The lowest BCUT2D eigenvalue weighted by atomic mass is 9.95. The van der Waals surface area contributed by atoms with Crippen LogP contribution in [0.3, 0.4) is 0 Å². The van der Waals surface area contributed by atoms with Gasteiger partial charge in [-0.2, -0.15) is 9.97 Å². The minimum atomic E-state index is -3.17. The number of rotatable bonds is 7. The summed E-state index contributed by atoms with van der Waals surface area (Å²) < 4.78 is 32.2. The van der Waals surface area contributed by atoms with Crippen molar-refractivity contribution in [2.75, 3.05) is 55.4 Å². The summed E-state index contributed by atoms with van der Waals surface area (Å²) in [5, 5.41) is 2.21. The summed E-state index contributed by atoms with van der Waals surface area (Å²) in [6.07, 6.45) is 11.7. The van der Waals surface area contributed by atoms with E-state index in [1.807, 2.05) is 0 Å². The summed E-state index contributed by atoms with van der Waals surface area (Å²) >= 11 is 0. The minimum absolute atomic E-state index is 0.104. The van der Waals surface area contributed by atoms with E-state index in [1.54, 1.807) is 0 Å².